The molecule has 0 aromatic rings. The maximum atomic E-state index is 2.56. The van der Waals surface area contributed by atoms with E-state index in [-0.39, 0.29) is 0 Å². The average molecular weight is 199 g/mol. The van der Waals surface area contributed by atoms with Crippen LogP contribution >= 0.6 is 0 Å². The van der Waals surface area contributed by atoms with E-state index in [1.54, 1.807) is 0 Å². The van der Waals surface area contributed by atoms with Crippen molar-refractivity contribution in [3.63, 3.8) is 0 Å². The van der Waals surface area contributed by atoms with Gasteiger partial charge in [-0.2, -0.15) is 0 Å². The van der Waals surface area contributed by atoms with Gasteiger partial charge in [0.1, 0.15) is 0 Å². The van der Waals surface area contributed by atoms with Crippen LogP contribution in [0, 0.1) is 5.41 Å². The van der Waals surface area contributed by atoms with E-state index < -0.39 is 0 Å². The Balaban J connectivity index is 0.000000379. The molecule has 0 atom stereocenters. The Morgan fingerprint density at radius 1 is 0.929 bits per heavy atom. The third kappa shape index (κ3) is 3.27. The molecule has 1 aliphatic carbocycles. The smallest absolute Gasteiger partial charge is 0.00504 e. The molecule has 0 N–H and O–H groups in total. The molecule has 0 aromatic heterocycles. The maximum absolute atomic E-state index is 2.56. The van der Waals surface area contributed by atoms with Gasteiger partial charge in [-0.25, -0.2) is 0 Å². The summed E-state index contributed by atoms with van der Waals surface area (Å²) in [6.45, 7) is 14.3. The van der Waals surface area contributed by atoms with E-state index in [2.05, 4.69) is 11.8 Å². The van der Waals surface area contributed by atoms with Crippen molar-refractivity contribution in [3.05, 3.63) is 0 Å². The highest BCUT2D eigenvalue weighted by Gasteiger charge is 2.43. The summed E-state index contributed by atoms with van der Waals surface area (Å²) in [7, 11) is 0. The quantitative estimate of drug-likeness (QED) is 0.618. The fourth-order valence-corrected chi connectivity index (χ4v) is 2.57. The molecular formula is C13H29N. The summed E-state index contributed by atoms with van der Waals surface area (Å²) in [5, 5.41) is 0. The van der Waals surface area contributed by atoms with E-state index in [9.17, 15) is 0 Å². The Morgan fingerprint density at radius 3 is 1.71 bits per heavy atom. The van der Waals surface area contributed by atoms with Crippen molar-refractivity contribution in [2.75, 3.05) is 19.6 Å². The predicted molar refractivity (Wildman–Crippen MR) is 65.7 cm³/mol. The van der Waals surface area contributed by atoms with Crippen molar-refractivity contribution in [1.82, 2.24) is 4.90 Å². The Kier molecular flexibility index (Phi) is 7.26. The van der Waals surface area contributed by atoms with Gasteiger partial charge in [0.2, 0.25) is 0 Å². The average Bonchev–Trinajstić information content (AvgIpc) is 2.70. The first kappa shape index (κ1) is 14.0. The molecule has 0 radical (unpaired) electrons. The minimum absolute atomic E-state index is 0.815. The summed E-state index contributed by atoms with van der Waals surface area (Å²) in [5.41, 5.74) is 0.815. The van der Waals surface area contributed by atoms with Gasteiger partial charge in [0, 0.05) is 13.1 Å². The second-order valence-corrected chi connectivity index (χ2v) is 4.01. The molecule has 1 saturated carbocycles. The maximum Gasteiger partial charge on any atom is 0.00504 e. The van der Waals surface area contributed by atoms with Crippen LogP contribution in [0.2, 0.25) is 0 Å². The van der Waals surface area contributed by atoms with Gasteiger partial charge in [-0.05, 0) is 24.8 Å². The first-order chi connectivity index (χ1) is 6.85. The van der Waals surface area contributed by atoms with E-state index in [1.165, 1.54) is 45.3 Å². The third-order valence-corrected chi connectivity index (χ3v) is 3.23. The molecule has 1 nitrogen and oxygen atoms in total. The normalized spacial score (nSPS) is 22.9. The third-order valence-electron chi connectivity index (χ3n) is 3.23. The van der Waals surface area contributed by atoms with Crippen LogP contribution in [0.1, 0.15) is 60.3 Å². The first-order valence-electron chi connectivity index (χ1n) is 6.57. The predicted octanol–water partition coefficient (Wildman–Crippen LogP) is 3.93. The van der Waals surface area contributed by atoms with Crippen LogP contribution in [0.5, 0.6) is 0 Å². The Hall–Kier alpha value is -0.0400. The van der Waals surface area contributed by atoms with E-state index in [0.717, 1.165) is 5.41 Å². The Morgan fingerprint density at radius 2 is 1.36 bits per heavy atom. The van der Waals surface area contributed by atoms with Crippen molar-refractivity contribution >= 4 is 0 Å². The lowest BCUT2D eigenvalue weighted by molar-refractivity contribution is 0.0108. The van der Waals surface area contributed by atoms with Gasteiger partial charge >= 0.3 is 0 Å². The molecule has 0 unspecified atom stereocenters. The molecule has 2 rings (SSSR count). The summed E-state index contributed by atoms with van der Waals surface area (Å²) in [6, 6.07) is 0. The van der Waals surface area contributed by atoms with E-state index in [4.69, 9.17) is 0 Å². The first-order valence-corrected chi connectivity index (χ1v) is 6.57. The van der Waals surface area contributed by atoms with E-state index >= 15 is 0 Å². The van der Waals surface area contributed by atoms with Crippen LogP contribution < -0.4 is 0 Å². The van der Waals surface area contributed by atoms with Gasteiger partial charge in [-0.1, -0.05) is 47.5 Å². The molecule has 1 spiro atoms. The van der Waals surface area contributed by atoms with Gasteiger partial charge in [-0.3, -0.25) is 0 Å². The SMILES string of the molecule is CC.CC.CCN1CC2(CCCC2)C1. The van der Waals surface area contributed by atoms with Gasteiger partial charge < -0.3 is 4.90 Å². The molecule has 1 heteroatoms. The lowest BCUT2D eigenvalue weighted by Crippen LogP contribution is -2.54. The Bertz CT molecular complexity index is 117. The van der Waals surface area contributed by atoms with Crippen LogP contribution in [0.25, 0.3) is 0 Å². The number of hydrogen-bond donors (Lipinski definition) is 0. The largest absolute Gasteiger partial charge is 0.302 e. The second kappa shape index (κ2) is 7.28. The fourth-order valence-electron chi connectivity index (χ4n) is 2.57. The highest BCUT2D eigenvalue weighted by molar-refractivity contribution is 4.97. The van der Waals surface area contributed by atoms with Crippen molar-refractivity contribution in [2.45, 2.75) is 60.3 Å². The highest BCUT2D eigenvalue weighted by Crippen LogP contribution is 2.44. The number of rotatable bonds is 1. The minimum atomic E-state index is 0.815. The van der Waals surface area contributed by atoms with Gasteiger partial charge in [0.25, 0.3) is 0 Å². The highest BCUT2D eigenvalue weighted by atomic mass is 15.2. The minimum Gasteiger partial charge on any atom is -0.302 e. The van der Waals surface area contributed by atoms with Crippen molar-refractivity contribution in [3.8, 4) is 0 Å². The van der Waals surface area contributed by atoms with Crippen LogP contribution in [0.4, 0.5) is 0 Å². The molecule has 86 valence electrons. The van der Waals surface area contributed by atoms with Crippen molar-refractivity contribution in [2.24, 2.45) is 5.41 Å². The number of likely N-dealkylation sites (tertiary alicyclic amines) is 1. The monoisotopic (exact) mass is 199 g/mol. The van der Waals surface area contributed by atoms with E-state index in [0.29, 0.717) is 0 Å². The topological polar surface area (TPSA) is 3.24 Å². The molecule has 2 fully saturated rings. The van der Waals surface area contributed by atoms with Crippen LogP contribution in [-0.4, -0.2) is 24.5 Å². The Labute approximate surface area is 90.9 Å². The molecule has 0 amide bonds. The molecule has 0 bridgehead atoms. The van der Waals surface area contributed by atoms with Gasteiger partial charge in [0.05, 0.1) is 0 Å². The summed E-state index contributed by atoms with van der Waals surface area (Å²) in [5.74, 6) is 0. The molecule has 2 aliphatic rings. The molecule has 1 aliphatic heterocycles. The standard InChI is InChI=1S/C9H17N.2C2H6/c1-2-10-7-9(8-10)5-3-4-6-9;2*1-2/h2-8H2,1H3;2*1-2H3. The molecule has 1 heterocycles. The second-order valence-electron chi connectivity index (χ2n) is 4.01. The van der Waals surface area contributed by atoms with Crippen LogP contribution in [0.15, 0.2) is 0 Å². The summed E-state index contributed by atoms with van der Waals surface area (Å²) >= 11 is 0. The molecule has 0 aromatic carbocycles. The van der Waals surface area contributed by atoms with Crippen molar-refractivity contribution in [1.29, 1.82) is 0 Å². The van der Waals surface area contributed by atoms with Crippen LogP contribution in [-0.2, 0) is 0 Å². The zero-order valence-electron chi connectivity index (χ0n) is 10.9. The van der Waals surface area contributed by atoms with Gasteiger partial charge in [0.15, 0.2) is 0 Å². The van der Waals surface area contributed by atoms with Crippen LogP contribution in [0.3, 0.4) is 0 Å². The fraction of sp³-hybridized carbons (Fsp3) is 1.00. The van der Waals surface area contributed by atoms with Crippen molar-refractivity contribution < 1.29 is 0 Å². The summed E-state index contributed by atoms with van der Waals surface area (Å²) in [4.78, 5) is 2.56. The summed E-state index contributed by atoms with van der Waals surface area (Å²) < 4.78 is 0. The molecular weight excluding hydrogens is 170 g/mol. The number of nitrogens with zero attached hydrogens (tertiary/aromatic N) is 1. The summed E-state index contributed by atoms with van der Waals surface area (Å²) in [6.07, 6.45) is 6.03. The molecule has 14 heavy (non-hydrogen) atoms. The lowest BCUT2D eigenvalue weighted by Gasteiger charge is -2.48. The zero-order chi connectivity index (χ0) is 11.0. The molecule has 1 saturated heterocycles. The lowest BCUT2D eigenvalue weighted by atomic mass is 9.78. The van der Waals surface area contributed by atoms with E-state index in [1.807, 2.05) is 27.7 Å². The zero-order valence-corrected chi connectivity index (χ0v) is 10.9. The van der Waals surface area contributed by atoms with Gasteiger partial charge in [-0.15, -0.1) is 0 Å². The number of hydrogen-bond acceptors (Lipinski definition) is 1.